The molecule has 0 aliphatic carbocycles. The van der Waals surface area contributed by atoms with Crippen molar-refractivity contribution in [3.05, 3.63) is 70.7 Å². The van der Waals surface area contributed by atoms with Crippen LogP contribution in [0.3, 0.4) is 0 Å². The monoisotopic (exact) mass is 253 g/mol. The minimum atomic E-state index is -0.637. The fourth-order valence-corrected chi connectivity index (χ4v) is 2.05. The molecule has 0 fully saturated rings. The summed E-state index contributed by atoms with van der Waals surface area (Å²) in [4.78, 5) is 24.0. The van der Waals surface area contributed by atoms with Gasteiger partial charge >= 0.3 is 5.76 Å². The first kappa shape index (κ1) is 11.5. The highest BCUT2D eigenvalue weighted by Crippen LogP contribution is 2.12. The van der Waals surface area contributed by atoms with Gasteiger partial charge in [0.25, 0.3) is 0 Å². The number of fused-ring (bicyclic) bond motifs is 1. The third-order valence-corrected chi connectivity index (χ3v) is 2.93. The zero-order valence-electron chi connectivity index (χ0n) is 10.1. The van der Waals surface area contributed by atoms with Crippen molar-refractivity contribution in [3.63, 3.8) is 0 Å². The second-order valence-electron chi connectivity index (χ2n) is 4.23. The molecular weight excluding hydrogens is 242 g/mol. The molecular formula is C15H11NO3. The summed E-state index contributed by atoms with van der Waals surface area (Å²) in [5.41, 5.74) is 1.80. The molecule has 4 nitrogen and oxygen atoms in total. The number of oxazole rings is 1. The summed E-state index contributed by atoms with van der Waals surface area (Å²) >= 11 is 0. The maximum absolute atomic E-state index is 12.2. The number of carbonyl (C=O) groups excluding carboxylic acids is 1. The number of para-hydroxylation sites is 2. The number of aromatic nitrogens is 1. The van der Waals surface area contributed by atoms with Crippen LogP contribution in [0.4, 0.5) is 0 Å². The van der Waals surface area contributed by atoms with E-state index in [4.69, 9.17) is 4.42 Å². The highest BCUT2D eigenvalue weighted by Gasteiger charge is 2.15. The van der Waals surface area contributed by atoms with Crippen LogP contribution in [0.25, 0.3) is 11.1 Å². The molecule has 4 heteroatoms. The first-order valence-corrected chi connectivity index (χ1v) is 5.93. The van der Waals surface area contributed by atoms with Gasteiger partial charge in [0.05, 0.1) is 11.9 Å². The topological polar surface area (TPSA) is 52.2 Å². The average molecular weight is 253 g/mol. The molecule has 0 saturated carbocycles. The Morgan fingerprint density at radius 2 is 1.68 bits per heavy atom. The molecule has 0 spiro atoms. The van der Waals surface area contributed by atoms with Crippen LogP contribution in [0.2, 0.25) is 0 Å². The molecule has 0 bridgehead atoms. The summed E-state index contributed by atoms with van der Waals surface area (Å²) in [6.07, 6.45) is 0.171. The standard InChI is InChI=1S/C15H11NO3/c17-14(10-11-6-2-1-3-7-11)16-12-8-4-5-9-13(12)19-15(16)18/h1-9H,10H2. The molecule has 0 saturated heterocycles. The van der Waals surface area contributed by atoms with Crippen molar-refractivity contribution in [2.24, 2.45) is 0 Å². The molecule has 0 N–H and O–H groups in total. The van der Waals surface area contributed by atoms with Crippen LogP contribution in [-0.4, -0.2) is 10.5 Å². The molecule has 0 aliphatic heterocycles. The Balaban J connectivity index is 2.03. The number of hydrogen-bond donors (Lipinski definition) is 0. The van der Waals surface area contributed by atoms with Gasteiger partial charge in [-0.25, -0.2) is 9.36 Å². The fourth-order valence-electron chi connectivity index (χ4n) is 2.05. The van der Waals surface area contributed by atoms with Gasteiger partial charge in [0, 0.05) is 0 Å². The lowest BCUT2D eigenvalue weighted by molar-refractivity contribution is 0.0910. The molecule has 1 aromatic heterocycles. The summed E-state index contributed by atoms with van der Waals surface area (Å²) in [5, 5.41) is 0. The Hall–Kier alpha value is -2.62. The van der Waals surface area contributed by atoms with Gasteiger partial charge in [-0.1, -0.05) is 42.5 Å². The van der Waals surface area contributed by atoms with Gasteiger partial charge in [-0.05, 0) is 17.7 Å². The van der Waals surface area contributed by atoms with Crippen LogP contribution < -0.4 is 5.76 Å². The summed E-state index contributed by atoms with van der Waals surface area (Å²) in [7, 11) is 0. The van der Waals surface area contributed by atoms with E-state index < -0.39 is 5.76 Å². The predicted molar refractivity (Wildman–Crippen MR) is 71.2 cm³/mol. The highest BCUT2D eigenvalue weighted by atomic mass is 16.4. The predicted octanol–water partition coefficient (Wildman–Crippen LogP) is 2.48. The van der Waals surface area contributed by atoms with Crippen molar-refractivity contribution in [2.45, 2.75) is 6.42 Å². The minimum absolute atomic E-state index is 0.171. The zero-order valence-corrected chi connectivity index (χ0v) is 10.1. The molecule has 94 valence electrons. The number of rotatable bonds is 2. The molecule has 2 aromatic carbocycles. The molecule has 0 radical (unpaired) electrons. The average Bonchev–Trinajstić information content (AvgIpc) is 2.75. The molecule has 1 heterocycles. The quantitative estimate of drug-likeness (QED) is 0.705. The molecule has 3 rings (SSSR count). The molecule has 0 aliphatic rings. The van der Waals surface area contributed by atoms with Gasteiger partial charge in [-0.15, -0.1) is 0 Å². The maximum atomic E-state index is 12.2. The Bertz CT molecular complexity index is 784. The van der Waals surface area contributed by atoms with Crippen molar-refractivity contribution in [1.29, 1.82) is 0 Å². The van der Waals surface area contributed by atoms with E-state index in [-0.39, 0.29) is 12.3 Å². The molecule has 0 unspecified atom stereocenters. The van der Waals surface area contributed by atoms with E-state index >= 15 is 0 Å². The first-order chi connectivity index (χ1) is 9.25. The fraction of sp³-hybridized carbons (Fsp3) is 0.0667. The third-order valence-electron chi connectivity index (χ3n) is 2.93. The number of carbonyl (C=O) groups is 1. The highest BCUT2D eigenvalue weighted by molar-refractivity contribution is 5.90. The van der Waals surface area contributed by atoms with Crippen LogP contribution in [-0.2, 0) is 6.42 Å². The van der Waals surface area contributed by atoms with E-state index in [1.807, 2.05) is 30.3 Å². The van der Waals surface area contributed by atoms with Crippen molar-refractivity contribution in [1.82, 2.24) is 4.57 Å². The van der Waals surface area contributed by atoms with Crippen LogP contribution >= 0.6 is 0 Å². The van der Waals surface area contributed by atoms with E-state index in [1.165, 1.54) is 0 Å². The Kier molecular flexibility index (Phi) is 2.76. The smallest absolute Gasteiger partial charge is 0.407 e. The van der Waals surface area contributed by atoms with E-state index in [1.54, 1.807) is 24.3 Å². The van der Waals surface area contributed by atoms with Gasteiger partial charge in [0.1, 0.15) is 0 Å². The molecule has 0 atom stereocenters. The van der Waals surface area contributed by atoms with E-state index in [0.29, 0.717) is 11.1 Å². The van der Waals surface area contributed by atoms with Crippen molar-refractivity contribution >= 4 is 17.0 Å². The van der Waals surface area contributed by atoms with E-state index in [2.05, 4.69) is 0 Å². The van der Waals surface area contributed by atoms with Crippen molar-refractivity contribution in [3.8, 4) is 0 Å². The molecule has 0 amide bonds. The lowest BCUT2D eigenvalue weighted by Gasteiger charge is -2.01. The first-order valence-electron chi connectivity index (χ1n) is 5.93. The normalized spacial score (nSPS) is 10.7. The van der Waals surface area contributed by atoms with Crippen molar-refractivity contribution < 1.29 is 9.21 Å². The van der Waals surface area contributed by atoms with Crippen LogP contribution in [0.15, 0.2) is 63.8 Å². The van der Waals surface area contributed by atoms with Crippen LogP contribution in [0.1, 0.15) is 10.4 Å². The van der Waals surface area contributed by atoms with E-state index in [9.17, 15) is 9.59 Å². The van der Waals surface area contributed by atoms with Gasteiger partial charge in [-0.3, -0.25) is 4.79 Å². The summed E-state index contributed by atoms with van der Waals surface area (Å²) in [6, 6.07) is 16.2. The Morgan fingerprint density at radius 1 is 1.00 bits per heavy atom. The molecule has 19 heavy (non-hydrogen) atoms. The summed E-state index contributed by atoms with van der Waals surface area (Å²) in [6.45, 7) is 0. The van der Waals surface area contributed by atoms with Crippen molar-refractivity contribution in [2.75, 3.05) is 0 Å². The largest absolute Gasteiger partial charge is 0.426 e. The lowest BCUT2D eigenvalue weighted by atomic mass is 10.1. The van der Waals surface area contributed by atoms with Crippen LogP contribution in [0, 0.1) is 0 Å². The SMILES string of the molecule is O=C(Cc1ccccc1)n1c(=O)oc2ccccc21. The molecule has 3 aromatic rings. The number of hydrogen-bond acceptors (Lipinski definition) is 3. The number of nitrogens with zero attached hydrogens (tertiary/aromatic N) is 1. The summed E-state index contributed by atoms with van der Waals surface area (Å²) < 4.78 is 6.13. The number of benzene rings is 2. The maximum Gasteiger partial charge on any atom is 0.426 e. The minimum Gasteiger partial charge on any atom is -0.407 e. The summed E-state index contributed by atoms with van der Waals surface area (Å²) in [5.74, 6) is -0.928. The Morgan fingerprint density at radius 3 is 2.47 bits per heavy atom. The van der Waals surface area contributed by atoms with Gasteiger partial charge in [0.15, 0.2) is 5.58 Å². The van der Waals surface area contributed by atoms with Gasteiger partial charge < -0.3 is 4.42 Å². The van der Waals surface area contributed by atoms with Crippen LogP contribution in [0.5, 0.6) is 0 Å². The second kappa shape index (κ2) is 4.57. The third kappa shape index (κ3) is 2.08. The Labute approximate surface area is 108 Å². The lowest BCUT2D eigenvalue weighted by Crippen LogP contribution is -2.23. The van der Waals surface area contributed by atoms with E-state index in [0.717, 1.165) is 10.1 Å². The van der Waals surface area contributed by atoms with Gasteiger partial charge in [-0.2, -0.15) is 0 Å². The zero-order chi connectivity index (χ0) is 13.2. The van der Waals surface area contributed by atoms with Gasteiger partial charge in [0.2, 0.25) is 5.91 Å². The second-order valence-corrected chi connectivity index (χ2v) is 4.23.